The Morgan fingerprint density at radius 3 is 2.56 bits per heavy atom. The van der Waals surface area contributed by atoms with Gasteiger partial charge in [0.15, 0.2) is 0 Å². The average Bonchev–Trinajstić information content (AvgIpc) is 3.81. The molecule has 0 saturated heterocycles. The number of likely N-dealkylation sites (N-methyl/N-ethyl adjacent to an activating group) is 1. The second-order valence-electron chi connectivity index (χ2n) is 11.1. The number of carbonyl (C=O) groups excluding carboxylic acids is 3. The summed E-state index contributed by atoms with van der Waals surface area (Å²) in [6, 6.07) is 6.09. The zero-order chi connectivity index (χ0) is 29.9. The van der Waals surface area contributed by atoms with Crippen LogP contribution in [0.3, 0.4) is 0 Å². The normalized spacial score (nSPS) is 18.1. The number of aliphatic imine (C=N–C) groups is 1. The molecule has 0 radical (unpaired) electrons. The van der Waals surface area contributed by atoms with E-state index in [9.17, 15) is 18.8 Å². The van der Waals surface area contributed by atoms with Gasteiger partial charge in [0.2, 0.25) is 11.8 Å². The summed E-state index contributed by atoms with van der Waals surface area (Å²) in [5, 5.41) is 2.81. The standard InChI is InChI=1S/C32H45FN4O4/c1-5-21(2)41-29-11-7-6-9-25(29)10-8-18-35-31(39)28(19-23-12-16-26(33)17-13-23)36-30(38)22(3)37(4)32(40)27(20-34)24-14-15-24/h6-7,9,11-12,16,18,21-22,24,27-28H,5,8,10,13-15,17,19-20,34H2,1-4H3,(H,36,38)/b35-18+/t21-,22+,27-,28+/m0/s1. The molecule has 2 aliphatic carbocycles. The number of hydrogen-bond acceptors (Lipinski definition) is 5. The van der Waals surface area contributed by atoms with Crippen LogP contribution in [-0.2, 0) is 20.8 Å². The van der Waals surface area contributed by atoms with E-state index < -0.39 is 23.9 Å². The molecule has 0 bridgehead atoms. The average molecular weight is 569 g/mol. The Balaban J connectivity index is 1.66. The molecule has 0 heterocycles. The number of aryl methyl sites for hydroxylation is 1. The number of rotatable bonds is 15. The molecule has 3 N–H and O–H groups in total. The minimum absolute atomic E-state index is 0.0970. The maximum Gasteiger partial charge on any atom is 0.268 e. The van der Waals surface area contributed by atoms with Crippen molar-refractivity contribution in [2.45, 2.75) is 90.3 Å². The second kappa shape index (κ2) is 15.6. The molecule has 0 aliphatic heterocycles. The summed E-state index contributed by atoms with van der Waals surface area (Å²) in [7, 11) is 1.59. The second-order valence-corrected chi connectivity index (χ2v) is 11.1. The van der Waals surface area contributed by atoms with Crippen LogP contribution >= 0.6 is 0 Å². The predicted octanol–water partition coefficient (Wildman–Crippen LogP) is 4.67. The Kier molecular flexibility index (Phi) is 12.3. The molecule has 1 aromatic rings. The summed E-state index contributed by atoms with van der Waals surface area (Å²) < 4.78 is 19.6. The van der Waals surface area contributed by atoms with E-state index in [4.69, 9.17) is 10.5 Å². The van der Waals surface area contributed by atoms with Crippen molar-refractivity contribution >= 4 is 23.9 Å². The van der Waals surface area contributed by atoms with Crippen LogP contribution in [0.5, 0.6) is 5.75 Å². The van der Waals surface area contributed by atoms with Gasteiger partial charge in [-0.2, -0.15) is 0 Å². The lowest BCUT2D eigenvalue weighted by molar-refractivity contribution is -0.142. The van der Waals surface area contributed by atoms with Gasteiger partial charge in [0, 0.05) is 26.2 Å². The molecule has 3 rings (SSSR count). The van der Waals surface area contributed by atoms with Gasteiger partial charge >= 0.3 is 0 Å². The molecule has 2 aliphatic rings. The van der Waals surface area contributed by atoms with Crippen LogP contribution in [0.15, 0.2) is 52.8 Å². The lowest BCUT2D eigenvalue weighted by Gasteiger charge is -2.29. The molecule has 1 aromatic carbocycles. The van der Waals surface area contributed by atoms with Gasteiger partial charge < -0.3 is 20.7 Å². The third-order valence-corrected chi connectivity index (χ3v) is 7.97. The van der Waals surface area contributed by atoms with Gasteiger partial charge in [-0.15, -0.1) is 0 Å². The molecule has 0 unspecified atom stereocenters. The molecule has 8 nitrogen and oxygen atoms in total. The lowest BCUT2D eigenvalue weighted by atomic mass is 9.96. The number of halogens is 1. The summed E-state index contributed by atoms with van der Waals surface area (Å²) in [6.45, 7) is 5.97. The maximum atomic E-state index is 13.6. The van der Waals surface area contributed by atoms with Crippen LogP contribution in [0, 0.1) is 11.8 Å². The van der Waals surface area contributed by atoms with Crippen molar-refractivity contribution in [3.63, 3.8) is 0 Å². The number of para-hydroxylation sites is 1. The number of nitrogens with one attached hydrogen (secondary N) is 1. The number of allylic oxidation sites excluding steroid dienone is 3. The third kappa shape index (κ3) is 9.63. The summed E-state index contributed by atoms with van der Waals surface area (Å²) >= 11 is 0. The minimum Gasteiger partial charge on any atom is -0.490 e. The Hall–Kier alpha value is -3.33. The van der Waals surface area contributed by atoms with E-state index in [1.54, 1.807) is 26.3 Å². The molecule has 3 amide bonds. The third-order valence-electron chi connectivity index (χ3n) is 7.97. The number of benzene rings is 1. The monoisotopic (exact) mass is 568 g/mol. The fraction of sp³-hybridized carbons (Fsp3) is 0.562. The van der Waals surface area contributed by atoms with Crippen LogP contribution in [0.1, 0.15) is 71.3 Å². The van der Waals surface area contributed by atoms with E-state index >= 15 is 0 Å². The quantitative estimate of drug-likeness (QED) is 0.299. The molecule has 4 atom stereocenters. The molecule has 41 heavy (non-hydrogen) atoms. The van der Waals surface area contributed by atoms with E-state index in [0.29, 0.717) is 19.3 Å². The highest BCUT2D eigenvalue weighted by Crippen LogP contribution is 2.37. The zero-order valence-electron chi connectivity index (χ0n) is 24.8. The molecule has 0 aromatic heterocycles. The first-order valence-corrected chi connectivity index (χ1v) is 14.8. The fourth-order valence-corrected chi connectivity index (χ4v) is 4.79. The fourth-order valence-electron chi connectivity index (χ4n) is 4.79. The number of amides is 3. The van der Waals surface area contributed by atoms with Crippen LogP contribution < -0.4 is 15.8 Å². The van der Waals surface area contributed by atoms with E-state index in [0.717, 1.165) is 36.1 Å². The van der Waals surface area contributed by atoms with Gasteiger partial charge in [-0.3, -0.25) is 14.4 Å². The van der Waals surface area contributed by atoms with E-state index in [1.165, 1.54) is 11.0 Å². The predicted molar refractivity (Wildman–Crippen MR) is 159 cm³/mol. The summed E-state index contributed by atoms with van der Waals surface area (Å²) in [5.41, 5.74) is 7.72. The number of hydrogen-bond donors (Lipinski definition) is 2. The molecule has 1 fully saturated rings. The van der Waals surface area contributed by atoms with Crippen molar-refractivity contribution in [1.82, 2.24) is 10.2 Å². The molecule has 9 heteroatoms. The smallest absolute Gasteiger partial charge is 0.268 e. The molecule has 0 spiro atoms. The first-order valence-electron chi connectivity index (χ1n) is 14.8. The highest BCUT2D eigenvalue weighted by atomic mass is 19.1. The van der Waals surface area contributed by atoms with Crippen molar-refractivity contribution in [1.29, 1.82) is 0 Å². The van der Waals surface area contributed by atoms with Gasteiger partial charge in [-0.25, -0.2) is 9.38 Å². The van der Waals surface area contributed by atoms with Crippen LogP contribution in [-0.4, -0.2) is 60.6 Å². The zero-order valence-corrected chi connectivity index (χ0v) is 24.8. The topological polar surface area (TPSA) is 114 Å². The summed E-state index contributed by atoms with van der Waals surface area (Å²) in [6.07, 6.45) is 9.65. The lowest BCUT2D eigenvalue weighted by Crippen LogP contribution is -2.52. The summed E-state index contributed by atoms with van der Waals surface area (Å²) in [5.74, 6) is -0.516. The highest BCUT2D eigenvalue weighted by Gasteiger charge is 2.38. The van der Waals surface area contributed by atoms with Gasteiger partial charge in [0.1, 0.15) is 23.7 Å². The highest BCUT2D eigenvalue weighted by molar-refractivity contribution is 5.95. The van der Waals surface area contributed by atoms with Crippen LogP contribution in [0.4, 0.5) is 4.39 Å². The molecule has 1 saturated carbocycles. The van der Waals surface area contributed by atoms with E-state index in [1.807, 2.05) is 31.2 Å². The van der Waals surface area contributed by atoms with E-state index in [2.05, 4.69) is 17.2 Å². The number of carbonyl (C=O) groups is 3. The van der Waals surface area contributed by atoms with Crippen molar-refractivity contribution in [2.24, 2.45) is 22.6 Å². The van der Waals surface area contributed by atoms with Gasteiger partial charge in [0.25, 0.3) is 5.91 Å². The first kappa shape index (κ1) is 32.2. The van der Waals surface area contributed by atoms with Crippen molar-refractivity contribution < 1.29 is 23.5 Å². The summed E-state index contributed by atoms with van der Waals surface area (Å²) in [4.78, 5) is 45.0. The largest absolute Gasteiger partial charge is 0.490 e. The Morgan fingerprint density at radius 2 is 1.93 bits per heavy atom. The minimum atomic E-state index is -0.930. The maximum absolute atomic E-state index is 13.6. The number of nitrogens with zero attached hydrogens (tertiary/aromatic N) is 2. The number of nitrogens with two attached hydrogens (primary N) is 1. The number of ether oxygens (including phenoxy) is 1. The van der Waals surface area contributed by atoms with Gasteiger partial charge in [-0.1, -0.05) is 36.8 Å². The van der Waals surface area contributed by atoms with Gasteiger partial charge in [0.05, 0.1) is 12.0 Å². The van der Waals surface area contributed by atoms with Crippen molar-refractivity contribution in [3.8, 4) is 5.75 Å². The van der Waals surface area contributed by atoms with Crippen LogP contribution in [0.25, 0.3) is 0 Å². The Labute approximate surface area is 243 Å². The Bertz CT molecular complexity index is 1160. The SMILES string of the molecule is CC[C@H](C)Oc1ccccc1CC/C=N/C(=O)[C@@H](CC1=CC=C(F)CC1)NC(=O)[C@@H](C)N(C)C(=O)[C@@H](CN)C1CC1. The van der Waals surface area contributed by atoms with Crippen molar-refractivity contribution in [2.75, 3.05) is 13.6 Å². The van der Waals surface area contributed by atoms with Gasteiger partial charge in [-0.05, 0) is 82.4 Å². The molecular weight excluding hydrogens is 523 g/mol. The first-order chi connectivity index (χ1) is 19.6. The van der Waals surface area contributed by atoms with Crippen molar-refractivity contribution in [3.05, 3.63) is 53.4 Å². The Morgan fingerprint density at radius 1 is 1.20 bits per heavy atom. The van der Waals surface area contributed by atoms with E-state index in [-0.39, 0.29) is 49.1 Å². The molecular formula is C32H45FN4O4. The van der Waals surface area contributed by atoms with Crippen LogP contribution in [0.2, 0.25) is 0 Å². The molecule has 224 valence electrons.